The first-order valence-electron chi connectivity index (χ1n) is 11.6. The Morgan fingerprint density at radius 2 is 1.71 bits per heavy atom. The minimum atomic E-state index is -4.25. The lowest BCUT2D eigenvalue weighted by Crippen LogP contribution is -2.38. The number of anilines is 2. The quantitative estimate of drug-likeness (QED) is 0.387. The first-order valence-corrected chi connectivity index (χ1v) is 12.4. The minimum Gasteiger partial charge on any atom is -0.362 e. The predicted molar refractivity (Wildman–Crippen MR) is 134 cm³/mol. The van der Waals surface area contributed by atoms with E-state index in [4.69, 9.17) is 9.97 Å². The molecular formula is C25H30F3N5S. The van der Waals surface area contributed by atoms with Gasteiger partial charge in [0, 0.05) is 36.5 Å². The van der Waals surface area contributed by atoms with E-state index in [1.54, 1.807) is 12.1 Å². The van der Waals surface area contributed by atoms with Crippen molar-refractivity contribution in [1.82, 2.24) is 15.3 Å². The maximum Gasteiger partial charge on any atom is 0.446 e. The van der Waals surface area contributed by atoms with Gasteiger partial charge in [0.1, 0.15) is 5.82 Å². The van der Waals surface area contributed by atoms with Gasteiger partial charge in [-0.05, 0) is 80.2 Å². The third-order valence-corrected chi connectivity index (χ3v) is 6.77. The van der Waals surface area contributed by atoms with E-state index in [2.05, 4.69) is 10.6 Å². The topological polar surface area (TPSA) is 53.1 Å². The van der Waals surface area contributed by atoms with Crippen LogP contribution < -0.4 is 15.5 Å². The van der Waals surface area contributed by atoms with Crippen LogP contribution in [0, 0.1) is 0 Å². The summed E-state index contributed by atoms with van der Waals surface area (Å²) in [5.74, 6) is 1.57. The zero-order valence-corrected chi connectivity index (χ0v) is 20.2. The van der Waals surface area contributed by atoms with Gasteiger partial charge in [-0.2, -0.15) is 18.2 Å². The highest BCUT2D eigenvalue weighted by Crippen LogP contribution is 2.37. The summed E-state index contributed by atoms with van der Waals surface area (Å²) < 4.78 is 37.8. The van der Waals surface area contributed by atoms with Gasteiger partial charge in [-0.25, -0.2) is 4.98 Å². The van der Waals surface area contributed by atoms with Crippen molar-refractivity contribution in [2.75, 3.05) is 30.9 Å². The number of thioether (sulfide) groups is 1. The number of nitrogens with one attached hydrogen (secondary N) is 2. The Hall–Kier alpha value is -2.52. The van der Waals surface area contributed by atoms with E-state index in [1.807, 2.05) is 49.3 Å². The van der Waals surface area contributed by atoms with Crippen LogP contribution >= 0.6 is 11.8 Å². The number of halogens is 3. The van der Waals surface area contributed by atoms with Crippen LogP contribution in [0.4, 0.5) is 24.9 Å². The van der Waals surface area contributed by atoms with Crippen LogP contribution in [0.15, 0.2) is 53.4 Å². The van der Waals surface area contributed by atoms with Gasteiger partial charge >= 0.3 is 5.51 Å². The zero-order valence-electron chi connectivity index (χ0n) is 19.4. The molecule has 0 aliphatic heterocycles. The summed E-state index contributed by atoms with van der Waals surface area (Å²) in [4.78, 5) is 11.7. The van der Waals surface area contributed by atoms with Gasteiger partial charge in [0.15, 0.2) is 0 Å². The molecule has 1 aliphatic rings. The SMILES string of the molecule is CN(C)c1nc(N[C@H]2CC[C@@H](NCCc3cccc(SC(F)(F)F)c3)CC2)nc2ccccc12. The molecule has 0 saturated heterocycles. The van der Waals surface area contributed by atoms with Crippen molar-refractivity contribution in [3.63, 3.8) is 0 Å². The Kier molecular flexibility index (Phi) is 7.83. The van der Waals surface area contributed by atoms with Crippen molar-refractivity contribution < 1.29 is 13.2 Å². The molecule has 0 unspecified atom stereocenters. The van der Waals surface area contributed by atoms with E-state index in [0.717, 1.165) is 54.5 Å². The number of aromatic nitrogens is 2. The molecule has 1 saturated carbocycles. The average Bonchev–Trinajstić information content (AvgIpc) is 2.79. The Bertz CT molecular complexity index is 1100. The fraction of sp³-hybridized carbons (Fsp3) is 0.440. The standard InChI is InChI=1S/C25H30F3N5S/c1-33(2)23-21-8-3-4-9-22(21)31-24(32-23)30-19-12-10-18(11-13-19)29-15-14-17-6-5-7-20(16-17)34-25(26,27)28/h3-9,16,18-19,29H,10-15H2,1-2H3,(H,30,31,32)/t18-,19+. The van der Waals surface area contributed by atoms with Crippen LogP contribution in [-0.2, 0) is 6.42 Å². The van der Waals surface area contributed by atoms with Crippen LogP contribution in [-0.4, -0.2) is 48.2 Å². The summed E-state index contributed by atoms with van der Waals surface area (Å²) in [6, 6.07) is 15.5. The molecule has 1 aromatic heterocycles. The normalized spacial score (nSPS) is 18.7. The summed E-state index contributed by atoms with van der Waals surface area (Å²) in [5.41, 5.74) is -2.41. The molecule has 1 fully saturated rings. The Morgan fingerprint density at radius 3 is 2.44 bits per heavy atom. The molecule has 1 heterocycles. The number of hydrogen-bond acceptors (Lipinski definition) is 6. The highest BCUT2D eigenvalue weighted by atomic mass is 32.2. The third kappa shape index (κ3) is 6.76. The second-order valence-corrected chi connectivity index (χ2v) is 10.0. The van der Waals surface area contributed by atoms with E-state index in [0.29, 0.717) is 24.5 Å². The lowest BCUT2D eigenvalue weighted by molar-refractivity contribution is -0.0328. The molecule has 0 atom stereocenters. The van der Waals surface area contributed by atoms with Crippen molar-refractivity contribution >= 4 is 34.4 Å². The number of para-hydroxylation sites is 1. The van der Waals surface area contributed by atoms with Crippen LogP contribution in [0.25, 0.3) is 10.9 Å². The van der Waals surface area contributed by atoms with E-state index >= 15 is 0 Å². The summed E-state index contributed by atoms with van der Waals surface area (Å²) in [7, 11) is 3.97. The molecule has 5 nitrogen and oxygen atoms in total. The zero-order chi connectivity index (χ0) is 24.1. The maximum atomic E-state index is 12.6. The summed E-state index contributed by atoms with van der Waals surface area (Å²) in [5, 5.41) is 8.14. The number of alkyl halides is 3. The number of nitrogens with zero attached hydrogens (tertiary/aromatic N) is 3. The van der Waals surface area contributed by atoms with Crippen molar-refractivity contribution in [2.24, 2.45) is 0 Å². The smallest absolute Gasteiger partial charge is 0.362 e. The van der Waals surface area contributed by atoms with Gasteiger partial charge in [0.05, 0.1) is 5.52 Å². The molecule has 0 bridgehead atoms. The first-order chi connectivity index (χ1) is 16.3. The molecule has 0 radical (unpaired) electrons. The highest BCUT2D eigenvalue weighted by Gasteiger charge is 2.29. The van der Waals surface area contributed by atoms with E-state index in [1.165, 1.54) is 6.07 Å². The molecule has 3 aromatic rings. The van der Waals surface area contributed by atoms with Crippen LogP contribution in [0.1, 0.15) is 31.2 Å². The second-order valence-electron chi connectivity index (χ2n) is 8.87. The summed E-state index contributed by atoms with van der Waals surface area (Å²) in [6.45, 7) is 0.753. The van der Waals surface area contributed by atoms with Crippen molar-refractivity contribution in [1.29, 1.82) is 0 Å². The molecule has 182 valence electrons. The molecule has 0 spiro atoms. The van der Waals surface area contributed by atoms with Gasteiger partial charge in [-0.3, -0.25) is 0 Å². The fourth-order valence-corrected chi connectivity index (χ4v) is 5.03. The van der Waals surface area contributed by atoms with E-state index < -0.39 is 5.51 Å². The molecule has 34 heavy (non-hydrogen) atoms. The van der Waals surface area contributed by atoms with E-state index in [9.17, 15) is 13.2 Å². The van der Waals surface area contributed by atoms with Crippen LogP contribution in [0.2, 0.25) is 0 Å². The lowest BCUT2D eigenvalue weighted by atomic mass is 9.91. The van der Waals surface area contributed by atoms with Crippen LogP contribution in [0.3, 0.4) is 0 Å². The number of hydrogen-bond donors (Lipinski definition) is 2. The molecule has 4 rings (SSSR count). The molecule has 9 heteroatoms. The van der Waals surface area contributed by atoms with Gasteiger partial charge in [0.25, 0.3) is 0 Å². The fourth-order valence-electron chi connectivity index (χ4n) is 4.41. The van der Waals surface area contributed by atoms with Gasteiger partial charge < -0.3 is 15.5 Å². The van der Waals surface area contributed by atoms with Crippen molar-refractivity contribution in [3.05, 3.63) is 54.1 Å². The minimum absolute atomic E-state index is 0.0601. The Balaban J connectivity index is 1.26. The molecule has 2 N–H and O–H groups in total. The molecule has 2 aromatic carbocycles. The first kappa shape index (κ1) is 24.6. The number of rotatable bonds is 8. The summed E-state index contributed by atoms with van der Waals surface area (Å²) in [6.07, 6.45) is 4.82. The van der Waals surface area contributed by atoms with Crippen LogP contribution in [0.5, 0.6) is 0 Å². The third-order valence-electron chi connectivity index (χ3n) is 6.05. The molecular weight excluding hydrogens is 459 g/mol. The average molecular weight is 490 g/mol. The monoisotopic (exact) mass is 489 g/mol. The Labute approximate surface area is 202 Å². The second kappa shape index (κ2) is 10.8. The van der Waals surface area contributed by atoms with Crippen molar-refractivity contribution in [2.45, 2.75) is 54.6 Å². The van der Waals surface area contributed by atoms with Gasteiger partial charge in [-0.15, -0.1) is 0 Å². The van der Waals surface area contributed by atoms with Gasteiger partial charge in [0.2, 0.25) is 5.95 Å². The number of benzene rings is 2. The highest BCUT2D eigenvalue weighted by molar-refractivity contribution is 8.00. The lowest BCUT2D eigenvalue weighted by Gasteiger charge is -2.30. The largest absolute Gasteiger partial charge is 0.446 e. The Morgan fingerprint density at radius 1 is 0.971 bits per heavy atom. The van der Waals surface area contributed by atoms with Crippen molar-refractivity contribution in [3.8, 4) is 0 Å². The molecule has 0 amide bonds. The predicted octanol–water partition coefficient (Wildman–Crippen LogP) is 5.86. The van der Waals surface area contributed by atoms with Gasteiger partial charge in [-0.1, -0.05) is 24.3 Å². The molecule has 1 aliphatic carbocycles. The maximum absolute atomic E-state index is 12.6. The van der Waals surface area contributed by atoms with E-state index in [-0.39, 0.29) is 16.7 Å². The summed E-state index contributed by atoms with van der Waals surface area (Å²) >= 11 is -0.0601. The number of fused-ring (bicyclic) bond motifs is 1.